The second kappa shape index (κ2) is 4.63. The van der Waals surface area contributed by atoms with Gasteiger partial charge in [-0.05, 0) is 43.0 Å². The minimum Gasteiger partial charge on any atom is -0.316 e. The van der Waals surface area contributed by atoms with Crippen LogP contribution in [0.2, 0.25) is 0 Å². The Balaban J connectivity index is 3.15. The zero-order valence-electron chi connectivity index (χ0n) is 10.2. The molecule has 0 heterocycles. The summed E-state index contributed by atoms with van der Waals surface area (Å²) >= 11 is 0. The Morgan fingerprint density at radius 1 is 1.25 bits per heavy atom. The van der Waals surface area contributed by atoms with Crippen molar-refractivity contribution < 1.29 is 4.79 Å². The summed E-state index contributed by atoms with van der Waals surface area (Å²) in [6, 6.07) is 3.18. The van der Waals surface area contributed by atoms with Gasteiger partial charge in [0.25, 0.3) is 5.91 Å². The number of likely N-dealkylation sites (N-methyl/N-ethyl adjacent to an activating group) is 1. The van der Waals surface area contributed by atoms with Crippen LogP contribution in [0.5, 0.6) is 0 Å². The second-order valence-corrected chi connectivity index (χ2v) is 4.15. The highest BCUT2D eigenvalue weighted by molar-refractivity contribution is 5.82. The molecule has 4 nitrogen and oxygen atoms in total. The summed E-state index contributed by atoms with van der Waals surface area (Å²) in [6.45, 7) is 6.04. The molecule has 1 atom stereocenters. The lowest BCUT2D eigenvalue weighted by molar-refractivity contribution is -0.131. The third-order valence-electron chi connectivity index (χ3n) is 3.05. The van der Waals surface area contributed by atoms with E-state index in [0.29, 0.717) is 0 Å². The maximum absolute atomic E-state index is 11.7. The number of rotatable bonds is 2. The molecule has 0 saturated carbocycles. The predicted molar refractivity (Wildman–Crippen MR) is 64.5 cm³/mol. The molecule has 1 unspecified atom stereocenters. The van der Waals surface area contributed by atoms with Crippen molar-refractivity contribution in [1.82, 2.24) is 5.01 Å². The van der Waals surface area contributed by atoms with E-state index in [-0.39, 0.29) is 5.91 Å². The van der Waals surface area contributed by atoms with E-state index in [9.17, 15) is 4.79 Å². The first-order valence-corrected chi connectivity index (χ1v) is 5.20. The van der Waals surface area contributed by atoms with E-state index >= 15 is 0 Å². The zero-order valence-corrected chi connectivity index (χ0v) is 10.2. The first-order valence-electron chi connectivity index (χ1n) is 5.20. The van der Waals surface area contributed by atoms with Gasteiger partial charge < -0.3 is 5.73 Å². The fourth-order valence-corrected chi connectivity index (χ4v) is 1.67. The van der Waals surface area contributed by atoms with Crippen LogP contribution < -0.4 is 11.6 Å². The van der Waals surface area contributed by atoms with Gasteiger partial charge in [-0.3, -0.25) is 9.80 Å². The third-order valence-corrected chi connectivity index (χ3v) is 3.05. The molecule has 0 aliphatic heterocycles. The summed E-state index contributed by atoms with van der Waals surface area (Å²) in [4.78, 5) is 11.7. The average molecular weight is 221 g/mol. The molecule has 4 heteroatoms. The number of nitrogens with zero attached hydrogens (tertiary/aromatic N) is 1. The molecule has 88 valence electrons. The van der Waals surface area contributed by atoms with Crippen molar-refractivity contribution in [2.45, 2.75) is 26.8 Å². The summed E-state index contributed by atoms with van der Waals surface area (Å²) in [5, 5.41) is 1.03. The monoisotopic (exact) mass is 221 g/mol. The van der Waals surface area contributed by atoms with Crippen molar-refractivity contribution in [2.75, 3.05) is 7.05 Å². The van der Waals surface area contributed by atoms with Gasteiger partial charge in [0.2, 0.25) is 0 Å². The number of benzene rings is 1. The summed E-state index contributed by atoms with van der Waals surface area (Å²) in [7, 11) is 1.50. The van der Waals surface area contributed by atoms with Crippen LogP contribution in [-0.2, 0) is 4.79 Å². The number of hydrogen-bond acceptors (Lipinski definition) is 3. The number of nitrogens with two attached hydrogens (primary N) is 2. The topological polar surface area (TPSA) is 72.4 Å². The van der Waals surface area contributed by atoms with Crippen molar-refractivity contribution in [3.8, 4) is 0 Å². The van der Waals surface area contributed by atoms with E-state index in [1.807, 2.05) is 32.9 Å². The van der Waals surface area contributed by atoms with Gasteiger partial charge in [0.15, 0.2) is 0 Å². The predicted octanol–water partition coefficient (Wildman–Crippen LogP) is 0.944. The Morgan fingerprint density at radius 2 is 1.81 bits per heavy atom. The van der Waals surface area contributed by atoms with E-state index in [1.54, 1.807) is 0 Å². The van der Waals surface area contributed by atoms with E-state index < -0.39 is 6.04 Å². The number of hydrogen-bond donors (Lipinski definition) is 2. The summed E-state index contributed by atoms with van der Waals surface area (Å²) in [5.74, 6) is 5.11. The Labute approximate surface area is 96.2 Å². The summed E-state index contributed by atoms with van der Waals surface area (Å²) in [6.07, 6.45) is 0. The van der Waals surface area contributed by atoms with Crippen LogP contribution in [0.4, 0.5) is 0 Å². The van der Waals surface area contributed by atoms with Crippen molar-refractivity contribution in [3.05, 3.63) is 34.4 Å². The van der Waals surface area contributed by atoms with Gasteiger partial charge in [-0.15, -0.1) is 0 Å². The van der Waals surface area contributed by atoms with Crippen LogP contribution in [0.15, 0.2) is 12.1 Å². The fourth-order valence-electron chi connectivity index (χ4n) is 1.67. The lowest BCUT2D eigenvalue weighted by Crippen LogP contribution is -2.40. The highest BCUT2D eigenvalue weighted by atomic mass is 16.2. The van der Waals surface area contributed by atoms with Crippen LogP contribution >= 0.6 is 0 Å². The molecule has 0 aliphatic rings. The van der Waals surface area contributed by atoms with E-state index in [1.165, 1.54) is 18.2 Å². The number of carbonyl (C=O) groups is 1. The molecule has 0 saturated heterocycles. The van der Waals surface area contributed by atoms with Crippen LogP contribution in [0.3, 0.4) is 0 Å². The van der Waals surface area contributed by atoms with Crippen LogP contribution in [0.25, 0.3) is 0 Å². The molecule has 0 fully saturated rings. The normalized spacial score (nSPS) is 12.4. The van der Waals surface area contributed by atoms with Crippen molar-refractivity contribution in [1.29, 1.82) is 0 Å². The largest absolute Gasteiger partial charge is 0.316 e. The highest BCUT2D eigenvalue weighted by Gasteiger charge is 2.20. The van der Waals surface area contributed by atoms with Crippen molar-refractivity contribution >= 4 is 5.91 Å². The number of carbonyl (C=O) groups excluding carboxylic acids is 1. The maximum atomic E-state index is 11.7. The smallest absolute Gasteiger partial charge is 0.257 e. The lowest BCUT2D eigenvalue weighted by Gasteiger charge is -2.19. The van der Waals surface area contributed by atoms with Gasteiger partial charge in [-0.25, -0.2) is 5.84 Å². The molecule has 1 aromatic rings. The number of aryl methyl sites for hydroxylation is 1. The standard InChI is InChI=1S/C12H19N3O/c1-7-5-6-10(9(3)8(7)2)11(13)12(16)15(4)14/h5-6,11H,13-14H2,1-4H3. The molecule has 16 heavy (non-hydrogen) atoms. The van der Waals surface area contributed by atoms with Crippen LogP contribution in [-0.4, -0.2) is 18.0 Å². The van der Waals surface area contributed by atoms with Gasteiger partial charge in [0.05, 0.1) is 0 Å². The molecular formula is C12H19N3O. The minimum absolute atomic E-state index is 0.286. The van der Waals surface area contributed by atoms with E-state index in [0.717, 1.165) is 16.1 Å². The molecule has 0 bridgehead atoms. The molecule has 1 aromatic carbocycles. The van der Waals surface area contributed by atoms with E-state index in [2.05, 4.69) is 0 Å². The van der Waals surface area contributed by atoms with Crippen molar-refractivity contribution in [2.24, 2.45) is 11.6 Å². The molecule has 0 spiro atoms. The van der Waals surface area contributed by atoms with Gasteiger partial charge in [0.1, 0.15) is 6.04 Å². The molecule has 0 aliphatic carbocycles. The lowest BCUT2D eigenvalue weighted by atomic mass is 9.94. The minimum atomic E-state index is -0.686. The third kappa shape index (κ3) is 2.23. The maximum Gasteiger partial charge on any atom is 0.257 e. The first kappa shape index (κ1) is 12.7. The molecular weight excluding hydrogens is 202 g/mol. The molecule has 1 rings (SSSR count). The van der Waals surface area contributed by atoms with Crippen molar-refractivity contribution in [3.63, 3.8) is 0 Å². The molecule has 0 radical (unpaired) electrons. The summed E-state index contributed by atoms with van der Waals surface area (Å²) < 4.78 is 0. The van der Waals surface area contributed by atoms with Gasteiger partial charge in [-0.2, -0.15) is 0 Å². The van der Waals surface area contributed by atoms with Gasteiger partial charge in [-0.1, -0.05) is 12.1 Å². The number of hydrazine groups is 1. The number of amides is 1. The van der Waals surface area contributed by atoms with Gasteiger partial charge >= 0.3 is 0 Å². The Bertz CT molecular complexity index is 413. The van der Waals surface area contributed by atoms with E-state index in [4.69, 9.17) is 11.6 Å². The Kier molecular flexibility index (Phi) is 3.67. The molecule has 0 aromatic heterocycles. The first-order chi connectivity index (χ1) is 7.36. The highest BCUT2D eigenvalue weighted by Crippen LogP contribution is 2.22. The average Bonchev–Trinajstić information content (AvgIpc) is 2.24. The quantitative estimate of drug-likeness (QED) is 0.443. The van der Waals surface area contributed by atoms with Gasteiger partial charge in [0, 0.05) is 7.05 Å². The molecule has 4 N–H and O–H groups in total. The SMILES string of the molecule is Cc1ccc(C(N)C(=O)N(C)N)c(C)c1C. The van der Waals surface area contributed by atoms with Crippen LogP contribution in [0, 0.1) is 20.8 Å². The Morgan fingerprint density at radius 3 is 2.31 bits per heavy atom. The zero-order chi connectivity index (χ0) is 12.5. The molecule has 1 amide bonds. The second-order valence-electron chi connectivity index (χ2n) is 4.15. The van der Waals surface area contributed by atoms with Crippen LogP contribution in [0.1, 0.15) is 28.3 Å². The summed E-state index contributed by atoms with van der Waals surface area (Å²) in [5.41, 5.74) is 10.1. The Hall–Kier alpha value is -1.39. The fraction of sp³-hybridized carbons (Fsp3) is 0.417.